The number of thiophene rings is 1. The maximum atomic E-state index is 12.2. The van der Waals surface area contributed by atoms with Crippen LogP contribution in [0.1, 0.15) is 23.4 Å². The van der Waals surface area contributed by atoms with Gasteiger partial charge in [0.1, 0.15) is 0 Å². The van der Waals surface area contributed by atoms with E-state index in [-0.39, 0.29) is 12.1 Å². The number of methoxy groups -OCH3 is 1. The first-order chi connectivity index (χ1) is 9.54. The van der Waals surface area contributed by atoms with Crippen molar-refractivity contribution in [2.45, 2.75) is 25.4 Å². The van der Waals surface area contributed by atoms with Gasteiger partial charge in [0.25, 0.3) is 0 Å². The number of aliphatic carboxylic acids is 1. The van der Waals surface area contributed by atoms with Gasteiger partial charge in [-0.3, -0.25) is 0 Å². The third-order valence-electron chi connectivity index (χ3n) is 3.25. The lowest BCUT2D eigenvalue weighted by atomic mass is 10.0. The summed E-state index contributed by atoms with van der Waals surface area (Å²) < 4.78 is 4.96. The largest absolute Gasteiger partial charge is 0.479 e. The Hall–Kier alpha value is -1.60. The van der Waals surface area contributed by atoms with Crippen LogP contribution in [0.3, 0.4) is 0 Å². The van der Waals surface area contributed by atoms with Crippen LogP contribution in [-0.4, -0.2) is 48.3 Å². The smallest absolute Gasteiger partial charge is 0.331 e. The van der Waals surface area contributed by atoms with Gasteiger partial charge in [0.05, 0.1) is 12.6 Å². The number of nitrogens with one attached hydrogen (secondary N) is 1. The molecule has 20 heavy (non-hydrogen) atoms. The van der Waals surface area contributed by atoms with E-state index in [2.05, 4.69) is 5.32 Å². The zero-order valence-corrected chi connectivity index (χ0v) is 12.3. The average molecular weight is 298 g/mol. The van der Waals surface area contributed by atoms with Crippen LogP contribution in [0.2, 0.25) is 0 Å². The molecule has 2 rings (SSSR count). The number of carbonyl (C=O) groups excluding carboxylic acids is 1. The van der Waals surface area contributed by atoms with Gasteiger partial charge in [-0.1, -0.05) is 0 Å². The van der Waals surface area contributed by atoms with E-state index in [1.165, 1.54) is 4.90 Å². The zero-order valence-electron chi connectivity index (χ0n) is 11.5. The number of carboxylic acid groups (broad SMARTS) is 1. The van der Waals surface area contributed by atoms with Crippen LogP contribution in [0.4, 0.5) is 4.79 Å². The number of nitrogens with zero attached hydrogens (tertiary/aromatic N) is 1. The van der Waals surface area contributed by atoms with E-state index >= 15 is 0 Å². The van der Waals surface area contributed by atoms with Gasteiger partial charge >= 0.3 is 12.0 Å². The second kappa shape index (κ2) is 6.23. The molecule has 0 saturated carbocycles. The van der Waals surface area contributed by atoms with E-state index < -0.39 is 12.0 Å². The molecule has 1 aromatic rings. The van der Waals surface area contributed by atoms with Gasteiger partial charge in [-0.15, -0.1) is 11.3 Å². The number of fused-ring (bicyclic) bond motifs is 1. The molecule has 1 aliphatic rings. The molecule has 7 heteroatoms. The summed E-state index contributed by atoms with van der Waals surface area (Å²) >= 11 is 1.54. The van der Waals surface area contributed by atoms with Crippen LogP contribution in [0.25, 0.3) is 0 Å². The molecular weight excluding hydrogens is 280 g/mol. The van der Waals surface area contributed by atoms with Crippen LogP contribution in [-0.2, 0) is 16.0 Å². The first-order valence-corrected chi connectivity index (χ1v) is 7.27. The van der Waals surface area contributed by atoms with Crippen molar-refractivity contribution >= 4 is 23.3 Å². The van der Waals surface area contributed by atoms with E-state index in [9.17, 15) is 14.7 Å². The minimum Gasteiger partial charge on any atom is -0.479 e. The minimum absolute atomic E-state index is 0.161. The third-order valence-corrected chi connectivity index (χ3v) is 4.24. The predicted molar refractivity (Wildman–Crippen MR) is 75.0 cm³/mol. The van der Waals surface area contributed by atoms with Crippen molar-refractivity contribution in [3.05, 3.63) is 21.9 Å². The molecule has 1 aromatic heterocycles. The number of urea groups is 1. The molecule has 0 aromatic carbocycles. The monoisotopic (exact) mass is 298 g/mol. The minimum atomic E-state index is -1.00. The molecule has 6 nitrogen and oxygen atoms in total. The summed E-state index contributed by atoms with van der Waals surface area (Å²) in [6.07, 6.45) is 0.697. The Bertz CT molecular complexity index is 502. The molecule has 0 radical (unpaired) electrons. The van der Waals surface area contributed by atoms with Gasteiger partial charge in [-0.25, -0.2) is 9.59 Å². The van der Waals surface area contributed by atoms with Crippen molar-refractivity contribution in [2.24, 2.45) is 0 Å². The topological polar surface area (TPSA) is 78.9 Å². The highest BCUT2D eigenvalue weighted by molar-refractivity contribution is 7.10. The van der Waals surface area contributed by atoms with Gasteiger partial charge in [0.15, 0.2) is 6.04 Å². The normalized spacial score (nSPS) is 19.3. The van der Waals surface area contributed by atoms with E-state index in [4.69, 9.17) is 4.74 Å². The second-order valence-corrected chi connectivity index (χ2v) is 5.79. The van der Waals surface area contributed by atoms with Crippen LogP contribution in [0, 0.1) is 0 Å². The number of amides is 2. The van der Waals surface area contributed by atoms with E-state index in [1.807, 2.05) is 12.3 Å². The molecule has 2 amide bonds. The van der Waals surface area contributed by atoms with Crippen LogP contribution in [0.15, 0.2) is 11.4 Å². The Balaban J connectivity index is 2.15. The molecule has 2 unspecified atom stereocenters. The highest BCUT2D eigenvalue weighted by Crippen LogP contribution is 2.33. The Kier molecular flexibility index (Phi) is 4.61. The molecule has 1 aliphatic heterocycles. The van der Waals surface area contributed by atoms with Crippen LogP contribution in [0.5, 0.6) is 0 Å². The summed E-state index contributed by atoms with van der Waals surface area (Å²) in [5, 5.41) is 14.0. The SMILES string of the molecule is COCC(C)NC(=O)N1CCc2sccc2C1C(=O)O. The highest BCUT2D eigenvalue weighted by atomic mass is 32.1. The third kappa shape index (κ3) is 2.94. The van der Waals surface area contributed by atoms with Gasteiger partial charge in [-0.05, 0) is 30.4 Å². The summed E-state index contributed by atoms with van der Waals surface area (Å²) in [4.78, 5) is 26.2. The molecule has 0 bridgehead atoms. The highest BCUT2D eigenvalue weighted by Gasteiger charge is 2.36. The molecule has 110 valence electrons. The van der Waals surface area contributed by atoms with Crippen LogP contribution >= 0.6 is 11.3 Å². The Morgan fingerprint density at radius 2 is 2.40 bits per heavy atom. The molecular formula is C13H18N2O4S. The fraction of sp³-hybridized carbons (Fsp3) is 0.538. The number of carboxylic acids is 1. The number of hydrogen-bond acceptors (Lipinski definition) is 4. The molecule has 0 aliphatic carbocycles. The summed E-state index contributed by atoms with van der Waals surface area (Å²) in [6.45, 7) is 2.62. The number of rotatable bonds is 4. The Morgan fingerprint density at radius 1 is 1.65 bits per heavy atom. The summed E-state index contributed by atoms with van der Waals surface area (Å²) in [5.74, 6) is -1.00. The fourth-order valence-electron chi connectivity index (χ4n) is 2.39. The lowest BCUT2D eigenvalue weighted by Crippen LogP contribution is -2.50. The molecule has 2 heterocycles. The van der Waals surface area contributed by atoms with Crippen molar-refractivity contribution in [3.8, 4) is 0 Å². The van der Waals surface area contributed by atoms with E-state index in [0.29, 0.717) is 19.6 Å². The quantitative estimate of drug-likeness (QED) is 0.882. The lowest BCUT2D eigenvalue weighted by molar-refractivity contribution is -0.142. The maximum absolute atomic E-state index is 12.2. The van der Waals surface area contributed by atoms with Gasteiger partial charge < -0.3 is 20.1 Å². The molecule has 0 spiro atoms. The van der Waals surface area contributed by atoms with Crippen molar-refractivity contribution in [3.63, 3.8) is 0 Å². The summed E-state index contributed by atoms with van der Waals surface area (Å²) in [7, 11) is 1.56. The molecule has 0 saturated heterocycles. The van der Waals surface area contributed by atoms with Crippen LogP contribution < -0.4 is 5.32 Å². The Labute approximate surface area is 121 Å². The van der Waals surface area contributed by atoms with E-state index in [0.717, 1.165) is 10.4 Å². The zero-order chi connectivity index (χ0) is 14.7. The summed E-state index contributed by atoms with van der Waals surface area (Å²) in [5.41, 5.74) is 0.725. The lowest BCUT2D eigenvalue weighted by Gasteiger charge is -2.33. The molecule has 2 atom stereocenters. The van der Waals surface area contributed by atoms with E-state index in [1.54, 1.807) is 24.5 Å². The number of hydrogen-bond donors (Lipinski definition) is 2. The number of carbonyl (C=O) groups is 2. The maximum Gasteiger partial charge on any atom is 0.331 e. The van der Waals surface area contributed by atoms with Crippen molar-refractivity contribution in [2.75, 3.05) is 20.3 Å². The standard InChI is InChI=1S/C13H18N2O4S/c1-8(7-19-2)14-13(18)15-5-3-10-9(4-6-20-10)11(15)12(16)17/h4,6,8,11H,3,5,7H2,1-2H3,(H,14,18)(H,16,17). The van der Waals surface area contributed by atoms with Gasteiger partial charge in [0, 0.05) is 18.5 Å². The average Bonchev–Trinajstić information content (AvgIpc) is 2.85. The fourth-order valence-corrected chi connectivity index (χ4v) is 3.29. The first-order valence-electron chi connectivity index (χ1n) is 6.39. The predicted octanol–water partition coefficient (Wildman–Crippen LogP) is 1.48. The van der Waals surface area contributed by atoms with Crippen molar-refractivity contribution in [1.29, 1.82) is 0 Å². The van der Waals surface area contributed by atoms with Gasteiger partial charge in [-0.2, -0.15) is 0 Å². The first kappa shape index (κ1) is 14.8. The molecule has 0 fully saturated rings. The van der Waals surface area contributed by atoms with Crippen molar-refractivity contribution in [1.82, 2.24) is 10.2 Å². The Morgan fingerprint density at radius 3 is 3.05 bits per heavy atom. The second-order valence-electron chi connectivity index (χ2n) is 4.79. The molecule has 2 N–H and O–H groups in total. The number of ether oxygens (including phenoxy) is 1. The van der Waals surface area contributed by atoms with Gasteiger partial charge in [0.2, 0.25) is 0 Å². The summed E-state index contributed by atoms with van der Waals surface area (Å²) in [6, 6.07) is 0.362. The van der Waals surface area contributed by atoms with Crippen molar-refractivity contribution < 1.29 is 19.4 Å².